The van der Waals surface area contributed by atoms with E-state index in [1.54, 1.807) is 6.07 Å². The molecule has 0 saturated heterocycles. The molecule has 1 atom stereocenters. The van der Waals surface area contributed by atoms with Gasteiger partial charge in [-0.25, -0.2) is 4.39 Å². The smallest absolute Gasteiger partial charge is 0.142 e. The summed E-state index contributed by atoms with van der Waals surface area (Å²) in [6.07, 6.45) is 1.22. The van der Waals surface area contributed by atoms with Crippen LogP contribution in [0.1, 0.15) is 25.6 Å². The molecule has 100 valence electrons. The van der Waals surface area contributed by atoms with Crippen LogP contribution < -0.4 is 10.1 Å². The van der Waals surface area contributed by atoms with Crippen LogP contribution in [0.3, 0.4) is 0 Å². The van der Waals surface area contributed by atoms with Gasteiger partial charge in [-0.05, 0) is 38.1 Å². The van der Waals surface area contributed by atoms with E-state index in [-0.39, 0.29) is 11.9 Å². The normalized spacial score (nSPS) is 11.9. The minimum atomic E-state index is -0.328. The van der Waals surface area contributed by atoms with Crippen LogP contribution in [-0.4, -0.2) is 11.6 Å². The van der Waals surface area contributed by atoms with E-state index >= 15 is 0 Å². The lowest BCUT2D eigenvalue weighted by molar-refractivity contribution is 0.341. The lowest BCUT2D eigenvalue weighted by Gasteiger charge is -2.17. The van der Waals surface area contributed by atoms with Crippen LogP contribution in [0.5, 0.6) is 5.75 Å². The molecule has 2 rings (SSSR count). The molecular weight excluding hydrogens is 243 g/mol. The van der Waals surface area contributed by atoms with Crippen molar-refractivity contribution in [1.82, 2.24) is 4.98 Å². The highest BCUT2D eigenvalue weighted by Gasteiger charge is 2.09. The summed E-state index contributed by atoms with van der Waals surface area (Å²) in [4.78, 5) is 4.07. The molecule has 1 aromatic heterocycles. The van der Waals surface area contributed by atoms with Crippen molar-refractivity contribution >= 4 is 5.69 Å². The van der Waals surface area contributed by atoms with Gasteiger partial charge in [0, 0.05) is 0 Å². The van der Waals surface area contributed by atoms with Crippen LogP contribution in [0.4, 0.5) is 10.1 Å². The molecular formula is C15H17FN2O. The van der Waals surface area contributed by atoms with Crippen LogP contribution in [0, 0.1) is 5.82 Å². The topological polar surface area (TPSA) is 34.1 Å². The highest BCUT2D eigenvalue weighted by atomic mass is 19.1. The maximum absolute atomic E-state index is 12.8. The third kappa shape index (κ3) is 3.44. The van der Waals surface area contributed by atoms with Gasteiger partial charge in [0.25, 0.3) is 0 Å². The van der Waals surface area contributed by atoms with Gasteiger partial charge < -0.3 is 10.1 Å². The second kappa shape index (κ2) is 6.18. The van der Waals surface area contributed by atoms with Gasteiger partial charge in [-0.1, -0.05) is 12.1 Å². The van der Waals surface area contributed by atoms with E-state index in [0.717, 1.165) is 17.1 Å². The number of aromatic nitrogens is 1. The Labute approximate surface area is 112 Å². The van der Waals surface area contributed by atoms with E-state index in [4.69, 9.17) is 4.74 Å². The minimum absolute atomic E-state index is 0.0257. The third-order valence-electron chi connectivity index (χ3n) is 2.75. The number of hydrogen-bond acceptors (Lipinski definition) is 3. The zero-order chi connectivity index (χ0) is 13.7. The Kier molecular flexibility index (Phi) is 4.34. The summed E-state index contributed by atoms with van der Waals surface area (Å²) in [7, 11) is 0. The maximum atomic E-state index is 12.8. The highest BCUT2D eigenvalue weighted by molar-refractivity contribution is 5.57. The van der Waals surface area contributed by atoms with Gasteiger partial charge in [-0.2, -0.15) is 0 Å². The average molecular weight is 260 g/mol. The van der Waals surface area contributed by atoms with Crippen LogP contribution >= 0.6 is 0 Å². The molecule has 3 nitrogen and oxygen atoms in total. The Morgan fingerprint density at radius 1 is 1.26 bits per heavy atom. The molecule has 19 heavy (non-hydrogen) atoms. The van der Waals surface area contributed by atoms with Gasteiger partial charge in [0.15, 0.2) is 0 Å². The molecule has 0 saturated carbocycles. The molecule has 0 aliphatic carbocycles. The van der Waals surface area contributed by atoms with Crippen molar-refractivity contribution in [3.8, 4) is 5.75 Å². The van der Waals surface area contributed by atoms with Crippen LogP contribution in [0.2, 0.25) is 0 Å². The molecule has 0 amide bonds. The van der Waals surface area contributed by atoms with Crippen molar-refractivity contribution in [2.45, 2.75) is 19.9 Å². The molecule has 0 aliphatic heterocycles. The maximum Gasteiger partial charge on any atom is 0.142 e. The molecule has 1 aromatic carbocycles. The van der Waals surface area contributed by atoms with Crippen molar-refractivity contribution in [3.05, 3.63) is 54.1 Å². The zero-order valence-corrected chi connectivity index (χ0v) is 11.1. The molecule has 4 heteroatoms. The van der Waals surface area contributed by atoms with Gasteiger partial charge >= 0.3 is 0 Å². The number of hydrogen-bond donors (Lipinski definition) is 1. The van der Waals surface area contributed by atoms with Crippen molar-refractivity contribution in [3.63, 3.8) is 0 Å². The van der Waals surface area contributed by atoms with E-state index < -0.39 is 0 Å². The van der Waals surface area contributed by atoms with Gasteiger partial charge in [0.2, 0.25) is 0 Å². The van der Waals surface area contributed by atoms with Crippen LogP contribution in [-0.2, 0) is 0 Å². The van der Waals surface area contributed by atoms with Gasteiger partial charge in [0.05, 0.1) is 30.2 Å². The van der Waals surface area contributed by atoms with Crippen molar-refractivity contribution in [2.75, 3.05) is 11.9 Å². The molecule has 1 N–H and O–H groups in total. The summed E-state index contributed by atoms with van der Waals surface area (Å²) in [5.41, 5.74) is 1.69. The fourth-order valence-electron chi connectivity index (χ4n) is 1.82. The molecule has 0 fully saturated rings. The fraction of sp³-hybridized carbons (Fsp3) is 0.267. The quantitative estimate of drug-likeness (QED) is 0.888. The molecule has 1 heterocycles. The monoisotopic (exact) mass is 260 g/mol. The van der Waals surface area contributed by atoms with Gasteiger partial charge in [-0.15, -0.1) is 0 Å². The Bertz CT molecular complexity index is 528. The number of benzene rings is 1. The van der Waals surface area contributed by atoms with Gasteiger partial charge in [-0.3, -0.25) is 4.98 Å². The predicted molar refractivity (Wildman–Crippen MR) is 73.8 cm³/mol. The summed E-state index contributed by atoms with van der Waals surface area (Å²) in [6, 6.07) is 10.8. The number of pyridine rings is 1. The van der Waals surface area contributed by atoms with Crippen molar-refractivity contribution in [2.24, 2.45) is 0 Å². The van der Waals surface area contributed by atoms with Gasteiger partial charge in [0.1, 0.15) is 11.6 Å². The lowest BCUT2D eigenvalue weighted by atomic mass is 10.2. The highest BCUT2D eigenvalue weighted by Crippen LogP contribution is 2.27. The zero-order valence-electron chi connectivity index (χ0n) is 11.1. The number of ether oxygens (including phenoxy) is 1. The number of halogens is 1. The molecule has 1 unspecified atom stereocenters. The minimum Gasteiger partial charge on any atom is -0.492 e. The first kappa shape index (κ1) is 13.3. The summed E-state index contributed by atoms with van der Waals surface area (Å²) < 4.78 is 18.4. The molecule has 0 radical (unpaired) electrons. The summed E-state index contributed by atoms with van der Waals surface area (Å²) >= 11 is 0. The fourth-order valence-corrected chi connectivity index (χ4v) is 1.82. The second-order valence-corrected chi connectivity index (χ2v) is 4.20. The second-order valence-electron chi connectivity index (χ2n) is 4.20. The molecule has 2 aromatic rings. The molecule has 0 bridgehead atoms. The van der Waals surface area contributed by atoms with Crippen LogP contribution in [0.15, 0.2) is 42.6 Å². The summed E-state index contributed by atoms with van der Waals surface area (Å²) in [5, 5.41) is 3.32. The van der Waals surface area contributed by atoms with Crippen molar-refractivity contribution in [1.29, 1.82) is 0 Å². The van der Waals surface area contributed by atoms with Crippen molar-refractivity contribution < 1.29 is 9.13 Å². The first-order valence-electron chi connectivity index (χ1n) is 6.30. The number of anilines is 1. The number of nitrogens with zero attached hydrogens (tertiary/aromatic N) is 1. The Balaban J connectivity index is 2.14. The Morgan fingerprint density at radius 2 is 2.05 bits per heavy atom. The van der Waals surface area contributed by atoms with E-state index in [2.05, 4.69) is 10.3 Å². The summed E-state index contributed by atoms with van der Waals surface area (Å²) in [5.74, 6) is 0.477. The lowest BCUT2D eigenvalue weighted by Crippen LogP contribution is -2.09. The SMILES string of the molecule is CCOc1ccccc1NC(C)c1ccc(F)cn1. The number of rotatable bonds is 5. The largest absolute Gasteiger partial charge is 0.492 e. The number of nitrogens with one attached hydrogen (secondary N) is 1. The third-order valence-corrected chi connectivity index (χ3v) is 2.75. The predicted octanol–water partition coefficient (Wildman–Crippen LogP) is 3.79. The van der Waals surface area contributed by atoms with E-state index in [9.17, 15) is 4.39 Å². The number of para-hydroxylation sites is 2. The van der Waals surface area contributed by atoms with E-state index in [1.807, 2.05) is 38.1 Å². The first-order chi connectivity index (χ1) is 9.20. The van der Waals surface area contributed by atoms with E-state index in [0.29, 0.717) is 6.61 Å². The average Bonchev–Trinajstić information content (AvgIpc) is 2.42. The Hall–Kier alpha value is -2.10. The molecule has 0 spiro atoms. The van der Waals surface area contributed by atoms with E-state index in [1.165, 1.54) is 12.3 Å². The standard InChI is InChI=1S/C15H17FN2O/c1-3-19-15-7-5-4-6-14(15)18-11(2)13-9-8-12(16)10-17-13/h4-11,18H,3H2,1-2H3. The van der Waals surface area contributed by atoms with Crippen LogP contribution in [0.25, 0.3) is 0 Å². The first-order valence-corrected chi connectivity index (χ1v) is 6.30. The Morgan fingerprint density at radius 3 is 2.74 bits per heavy atom. The summed E-state index contributed by atoms with van der Waals surface area (Å²) in [6.45, 7) is 4.53. The molecule has 0 aliphatic rings.